The molecule has 3 nitrogen and oxygen atoms in total. The molecule has 1 heterocycles. The van der Waals surface area contributed by atoms with Crippen molar-refractivity contribution in [3.8, 4) is 0 Å². The minimum atomic E-state index is 0.159. The fourth-order valence-electron chi connectivity index (χ4n) is 3.15. The first-order valence-corrected chi connectivity index (χ1v) is 7.77. The molecule has 0 amide bonds. The van der Waals surface area contributed by atoms with E-state index in [0.717, 1.165) is 12.5 Å². The van der Waals surface area contributed by atoms with Gasteiger partial charge in [0.2, 0.25) is 0 Å². The molecule has 2 rings (SSSR count). The third kappa shape index (κ3) is 3.82. The highest BCUT2D eigenvalue weighted by Crippen LogP contribution is 2.36. The smallest absolute Gasteiger partial charge is 0.0951 e. The molecule has 0 bridgehead atoms. The first kappa shape index (κ1) is 14.6. The minimum Gasteiger partial charge on any atom is -0.330 e. The lowest BCUT2D eigenvalue weighted by atomic mass is 9.82. The second-order valence-electron chi connectivity index (χ2n) is 6.92. The summed E-state index contributed by atoms with van der Waals surface area (Å²) in [7, 11) is 0. The molecular formula is C16H29N3. The molecule has 0 saturated heterocycles. The summed E-state index contributed by atoms with van der Waals surface area (Å²) < 4.78 is 2.44. The lowest BCUT2D eigenvalue weighted by molar-refractivity contribution is 0.227. The van der Waals surface area contributed by atoms with Gasteiger partial charge in [0.15, 0.2) is 0 Å². The van der Waals surface area contributed by atoms with Gasteiger partial charge in [-0.15, -0.1) is 0 Å². The number of aromatic nitrogens is 2. The second-order valence-corrected chi connectivity index (χ2v) is 6.92. The second kappa shape index (κ2) is 6.08. The molecule has 0 aromatic carbocycles. The van der Waals surface area contributed by atoms with Crippen LogP contribution in [0, 0.1) is 5.92 Å². The van der Waals surface area contributed by atoms with Crippen molar-refractivity contribution in [2.75, 3.05) is 0 Å². The highest BCUT2D eigenvalue weighted by molar-refractivity contribution is 5.02. The average molecular weight is 263 g/mol. The zero-order chi connectivity index (χ0) is 13.9. The first-order chi connectivity index (χ1) is 9.01. The van der Waals surface area contributed by atoms with E-state index in [9.17, 15) is 0 Å². The molecule has 1 N–H and O–H groups in total. The number of hydrogen-bond acceptors (Lipinski definition) is 2. The lowest BCUT2D eigenvalue weighted by Crippen LogP contribution is -2.36. The summed E-state index contributed by atoms with van der Waals surface area (Å²) in [5, 5.41) is 3.58. The Kier molecular flexibility index (Phi) is 4.67. The molecule has 108 valence electrons. The summed E-state index contributed by atoms with van der Waals surface area (Å²) in [6, 6.07) is 0.665. The zero-order valence-corrected chi connectivity index (χ0v) is 12.9. The minimum absolute atomic E-state index is 0.159. The van der Waals surface area contributed by atoms with E-state index in [4.69, 9.17) is 0 Å². The average Bonchev–Trinajstić information content (AvgIpc) is 2.83. The lowest BCUT2D eigenvalue weighted by Gasteiger charge is -2.33. The maximum absolute atomic E-state index is 4.39. The molecule has 0 spiro atoms. The Morgan fingerprint density at radius 2 is 2.05 bits per heavy atom. The van der Waals surface area contributed by atoms with Crippen LogP contribution in [0.5, 0.6) is 0 Å². The van der Waals surface area contributed by atoms with E-state index in [1.165, 1.54) is 37.8 Å². The van der Waals surface area contributed by atoms with Crippen LogP contribution in [0.4, 0.5) is 0 Å². The number of nitrogens with one attached hydrogen (secondary N) is 1. The van der Waals surface area contributed by atoms with Gasteiger partial charge in [0, 0.05) is 24.3 Å². The van der Waals surface area contributed by atoms with Gasteiger partial charge >= 0.3 is 0 Å². The summed E-state index contributed by atoms with van der Waals surface area (Å²) in [4.78, 5) is 4.39. The molecule has 19 heavy (non-hydrogen) atoms. The molecular weight excluding hydrogens is 234 g/mol. The predicted molar refractivity (Wildman–Crippen MR) is 80.1 cm³/mol. The van der Waals surface area contributed by atoms with Gasteiger partial charge in [0.05, 0.1) is 12.0 Å². The van der Waals surface area contributed by atoms with E-state index in [1.54, 1.807) is 0 Å². The number of hydrogen-bond donors (Lipinski definition) is 1. The Morgan fingerprint density at radius 3 is 2.74 bits per heavy atom. The van der Waals surface area contributed by atoms with Crippen LogP contribution in [0.15, 0.2) is 12.5 Å². The molecule has 2 atom stereocenters. The molecule has 1 aromatic heterocycles. The van der Waals surface area contributed by atoms with Crippen molar-refractivity contribution in [1.82, 2.24) is 14.9 Å². The fourth-order valence-corrected chi connectivity index (χ4v) is 3.15. The van der Waals surface area contributed by atoms with Crippen molar-refractivity contribution in [3.05, 3.63) is 18.2 Å². The van der Waals surface area contributed by atoms with Crippen LogP contribution in [0.25, 0.3) is 0 Å². The van der Waals surface area contributed by atoms with Gasteiger partial charge in [0.1, 0.15) is 0 Å². The molecule has 2 unspecified atom stereocenters. The molecule has 1 aliphatic rings. The van der Waals surface area contributed by atoms with Gasteiger partial charge in [0.25, 0.3) is 0 Å². The molecule has 0 aliphatic heterocycles. The molecule has 0 radical (unpaired) electrons. The first-order valence-electron chi connectivity index (χ1n) is 7.77. The van der Waals surface area contributed by atoms with Crippen LogP contribution >= 0.6 is 0 Å². The van der Waals surface area contributed by atoms with E-state index in [0.29, 0.717) is 6.04 Å². The van der Waals surface area contributed by atoms with Gasteiger partial charge in [-0.3, -0.25) is 0 Å². The maximum Gasteiger partial charge on any atom is 0.0951 e. The number of rotatable bonds is 4. The van der Waals surface area contributed by atoms with Gasteiger partial charge in [-0.25, -0.2) is 4.98 Å². The van der Waals surface area contributed by atoms with Crippen molar-refractivity contribution < 1.29 is 0 Å². The molecule has 1 aliphatic carbocycles. The van der Waals surface area contributed by atoms with Crippen molar-refractivity contribution >= 4 is 0 Å². The largest absolute Gasteiger partial charge is 0.330 e. The molecule has 3 heteroatoms. The van der Waals surface area contributed by atoms with Crippen LogP contribution in [-0.2, 0) is 6.54 Å². The highest BCUT2D eigenvalue weighted by atomic mass is 15.1. The Hall–Kier alpha value is -0.830. The Morgan fingerprint density at radius 1 is 1.32 bits per heavy atom. The highest BCUT2D eigenvalue weighted by Gasteiger charge is 2.26. The molecule has 1 fully saturated rings. The summed E-state index contributed by atoms with van der Waals surface area (Å²) >= 11 is 0. The SMILES string of the molecule is CCC1CCCCC1n1cncc1CNC(C)(C)C. The zero-order valence-electron chi connectivity index (χ0n) is 12.9. The summed E-state index contributed by atoms with van der Waals surface area (Å²) in [6.45, 7) is 9.87. The van der Waals surface area contributed by atoms with Crippen molar-refractivity contribution in [3.63, 3.8) is 0 Å². The van der Waals surface area contributed by atoms with Crippen molar-refractivity contribution in [2.24, 2.45) is 5.92 Å². The monoisotopic (exact) mass is 263 g/mol. The van der Waals surface area contributed by atoms with Gasteiger partial charge in [-0.05, 0) is 39.5 Å². The van der Waals surface area contributed by atoms with Gasteiger partial charge in [-0.1, -0.05) is 26.2 Å². The summed E-state index contributed by atoms with van der Waals surface area (Å²) in [6.07, 6.45) is 10.8. The van der Waals surface area contributed by atoms with Crippen LogP contribution in [0.2, 0.25) is 0 Å². The number of nitrogens with zero attached hydrogens (tertiary/aromatic N) is 2. The Bertz CT molecular complexity index is 389. The van der Waals surface area contributed by atoms with Crippen LogP contribution in [0.1, 0.15) is 71.5 Å². The van der Waals surface area contributed by atoms with E-state index in [2.05, 4.69) is 42.6 Å². The summed E-state index contributed by atoms with van der Waals surface area (Å²) in [5.41, 5.74) is 1.49. The van der Waals surface area contributed by atoms with E-state index < -0.39 is 0 Å². The Balaban J connectivity index is 2.09. The van der Waals surface area contributed by atoms with Crippen LogP contribution < -0.4 is 5.32 Å². The van der Waals surface area contributed by atoms with Crippen LogP contribution in [-0.4, -0.2) is 15.1 Å². The maximum atomic E-state index is 4.39. The predicted octanol–water partition coefficient (Wildman–Crippen LogP) is 3.91. The van der Waals surface area contributed by atoms with Crippen LogP contribution in [0.3, 0.4) is 0 Å². The van der Waals surface area contributed by atoms with Crippen molar-refractivity contribution in [1.29, 1.82) is 0 Å². The van der Waals surface area contributed by atoms with E-state index in [-0.39, 0.29) is 5.54 Å². The third-order valence-electron chi connectivity index (χ3n) is 4.30. The topological polar surface area (TPSA) is 29.9 Å². The molecule has 1 saturated carbocycles. The van der Waals surface area contributed by atoms with E-state index >= 15 is 0 Å². The van der Waals surface area contributed by atoms with Crippen molar-refractivity contribution in [2.45, 2.75) is 77.9 Å². The van der Waals surface area contributed by atoms with Gasteiger partial charge < -0.3 is 9.88 Å². The normalized spacial score (nSPS) is 24.6. The summed E-state index contributed by atoms with van der Waals surface area (Å²) in [5.74, 6) is 0.830. The third-order valence-corrected chi connectivity index (χ3v) is 4.30. The fraction of sp³-hybridized carbons (Fsp3) is 0.812. The number of imidazole rings is 1. The standard InChI is InChI=1S/C16H29N3/c1-5-13-8-6-7-9-15(13)19-12-17-10-14(19)11-18-16(2,3)4/h10,12-13,15,18H,5-9,11H2,1-4H3. The van der Waals surface area contributed by atoms with Gasteiger partial charge in [-0.2, -0.15) is 0 Å². The quantitative estimate of drug-likeness (QED) is 0.892. The Labute approximate surface area is 117 Å². The van der Waals surface area contributed by atoms with E-state index in [1.807, 2.05) is 12.5 Å². The molecule has 1 aromatic rings.